The molecular formula is C19H34N2O2. The van der Waals surface area contributed by atoms with Gasteiger partial charge in [0.2, 0.25) is 0 Å². The van der Waals surface area contributed by atoms with Gasteiger partial charge in [-0.3, -0.25) is 0 Å². The van der Waals surface area contributed by atoms with E-state index in [9.17, 15) is 0 Å². The second-order valence-corrected chi connectivity index (χ2v) is 4.16. The Morgan fingerprint density at radius 1 is 0.913 bits per heavy atom. The molecule has 2 rings (SSSR count). The predicted octanol–water partition coefficient (Wildman–Crippen LogP) is 5.19. The number of rotatable bonds is 1. The molecule has 2 aliphatic rings. The molecule has 2 heterocycles. The van der Waals surface area contributed by atoms with Gasteiger partial charge < -0.3 is 19.6 Å². The van der Waals surface area contributed by atoms with E-state index < -0.39 is 0 Å². The second kappa shape index (κ2) is 13.3. The third kappa shape index (κ3) is 9.30. The van der Waals surface area contributed by atoms with Gasteiger partial charge in [0.25, 0.3) is 0 Å². The summed E-state index contributed by atoms with van der Waals surface area (Å²) in [7, 11) is 5.47. The summed E-state index contributed by atoms with van der Waals surface area (Å²) >= 11 is 0. The molecule has 0 radical (unpaired) electrons. The lowest BCUT2D eigenvalue weighted by Gasteiger charge is -2.18. The van der Waals surface area contributed by atoms with Crippen molar-refractivity contribution < 1.29 is 9.84 Å². The molecule has 0 aromatic carbocycles. The van der Waals surface area contributed by atoms with Crippen LogP contribution in [-0.2, 0) is 4.74 Å². The van der Waals surface area contributed by atoms with Crippen molar-refractivity contribution in [3.63, 3.8) is 0 Å². The number of likely N-dealkylation sites (N-methyl/N-ethyl adjacent to an activating group) is 2. The topological polar surface area (TPSA) is 35.9 Å². The summed E-state index contributed by atoms with van der Waals surface area (Å²) in [6, 6.07) is 0. The molecule has 0 aliphatic carbocycles. The van der Waals surface area contributed by atoms with Gasteiger partial charge >= 0.3 is 0 Å². The number of hydrogen-bond donors (Lipinski definition) is 1. The van der Waals surface area contributed by atoms with Gasteiger partial charge in [-0.1, -0.05) is 41.9 Å². The van der Waals surface area contributed by atoms with Gasteiger partial charge in [-0.15, -0.1) is 0 Å². The van der Waals surface area contributed by atoms with Gasteiger partial charge in [-0.25, -0.2) is 0 Å². The molecule has 1 N–H and O–H groups in total. The molecular weight excluding hydrogens is 288 g/mol. The molecule has 0 atom stereocenters. The molecule has 0 saturated heterocycles. The van der Waals surface area contributed by atoms with Gasteiger partial charge in [0.05, 0.1) is 7.11 Å². The van der Waals surface area contributed by atoms with Crippen molar-refractivity contribution >= 4 is 0 Å². The third-order valence-corrected chi connectivity index (χ3v) is 2.70. The van der Waals surface area contributed by atoms with Crippen LogP contribution in [0.3, 0.4) is 0 Å². The van der Waals surface area contributed by atoms with E-state index in [0.717, 1.165) is 17.2 Å². The number of nitrogens with zero attached hydrogens (tertiary/aromatic N) is 2. The maximum atomic E-state index is 8.88. The van der Waals surface area contributed by atoms with Crippen LogP contribution in [0.15, 0.2) is 72.8 Å². The van der Waals surface area contributed by atoms with Crippen molar-refractivity contribution in [3.05, 3.63) is 72.8 Å². The van der Waals surface area contributed by atoms with Crippen LogP contribution < -0.4 is 0 Å². The molecule has 0 unspecified atom stereocenters. The monoisotopic (exact) mass is 322 g/mol. The Morgan fingerprint density at radius 3 is 1.70 bits per heavy atom. The normalized spacial score (nSPS) is 14.8. The zero-order valence-electron chi connectivity index (χ0n) is 13.6. The number of aliphatic hydroxyl groups is 1. The second-order valence-electron chi connectivity index (χ2n) is 4.16. The highest BCUT2D eigenvalue weighted by Gasteiger charge is 2.02. The van der Waals surface area contributed by atoms with Crippen molar-refractivity contribution in [1.82, 2.24) is 9.80 Å². The minimum absolute atomic E-state index is 0. The molecule has 0 bridgehead atoms. The summed E-state index contributed by atoms with van der Waals surface area (Å²) < 4.78 is 5.00. The Morgan fingerprint density at radius 2 is 1.35 bits per heavy atom. The summed E-state index contributed by atoms with van der Waals surface area (Å²) in [5.74, 6) is 1.11. The molecule has 0 amide bonds. The lowest BCUT2D eigenvalue weighted by molar-refractivity contribution is 0.301. The largest absolute Gasteiger partial charge is 0.508 e. The lowest BCUT2D eigenvalue weighted by atomic mass is 10.3. The molecule has 132 valence electrons. The SMILES string of the molecule is C.C.C=C1C=C(O)C=CN1C.C=C1C=C(OC)C=CN1C.CC. The van der Waals surface area contributed by atoms with Gasteiger partial charge in [0.1, 0.15) is 11.5 Å². The summed E-state index contributed by atoms with van der Waals surface area (Å²) in [5, 5.41) is 8.88. The Balaban J connectivity index is -0.000000292. The van der Waals surface area contributed by atoms with Gasteiger partial charge in [-0.2, -0.15) is 0 Å². The molecule has 0 spiro atoms. The lowest BCUT2D eigenvalue weighted by Crippen LogP contribution is -2.11. The van der Waals surface area contributed by atoms with Crippen LogP contribution in [0.4, 0.5) is 0 Å². The smallest absolute Gasteiger partial charge is 0.122 e. The fraction of sp³-hybridized carbons (Fsp3) is 0.368. The zero-order valence-corrected chi connectivity index (χ0v) is 13.6. The van der Waals surface area contributed by atoms with Gasteiger partial charge in [0, 0.05) is 50.0 Å². The molecule has 23 heavy (non-hydrogen) atoms. The van der Waals surface area contributed by atoms with Crippen LogP contribution in [0.1, 0.15) is 28.7 Å². The van der Waals surface area contributed by atoms with Crippen LogP contribution in [-0.4, -0.2) is 36.1 Å². The summed E-state index contributed by atoms with van der Waals surface area (Å²) in [5.41, 5.74) is 1.74. The number of hydrogen-bond acceptors (Lipinski definition) is 4. The third-order valence-electron chi connectivity index (χ3n) is 2.70. The van der Waals surface area contributed by atoms with E-state index in [1.165, 1.54) is 0 Å². The van der Waals surface area contributed by atoms with Crippen LogP contribution in [0.25, 0.3) is 0 Å². The number of aliphatic hydroxyl groups excluding tert-OH is 1. The molecule has 4 heteroatoms. The van der Waals surface area contributed by atoms with Crippen molar-refractivity contribution in [2.24, 2.45) is 0 Å². The predicted molar refractivity (Wildman–Crippen MR) is 103 cm³/mol. The van der Waals surface area contributed by atoms with E-state index in [1.807, 2.05) is 56.1 Å². The maximum Gasteiger partial charge on any atom is 0.122 e. The van der Waals surface area contributed by atoms with E-state index >= 15 is 0 Å². The molecule has 0 aromatic rings. The first-order valence-corrected chi connectivity index (χ1v) is 6.80. The van der Waals surface area contributed by atoms with Crippen LogP contribution >= 0.6 is 0 Å². The van der Waals surface area contributed by atoms with Gasteiger partial charge in [0.15, 0.2) is 0 Å². The Hall–Kier alpha value is -2.36. The summed E-state index contributed by atoms with van der Waals surface area (Å²) in [6.07, 6.45) is 10.7. The highest BCUT2D eigenvalue weighted by Crippen LogP contribution is 2.13. The fourth-order valence-electron chi connectivity index (χ4n) is 1.33. The van der Waals surface area contributed by atoms with Crippen molar-refractivity contribution in [2.45, 2.75) is 28.7 Å². The minimum atomic E-state index is 0. The van der Waals surface area contributed by atoms with E-state index in [4.69, 9.17) is 9.84 Å². The van der Waals surface area contributed by atoms with E-state index in [2.05, 4.69) is 13.2 Å². The highest BCUT2D eigenvalue weighted by molar-refractivity contribution is 5.29. The summed E-state index contributed by atoms with van der Waals surface area (Å²) in [6.45, 7) is 11.5. The first-order chi connectivity index (χ1) is 9.93. The standard InChI is InChI=1S/C8H11NO.C7H9NO.C2H6.2CH4/c1-7-6-8(10-3)4-5-9(7)2;1-6-5-7(9)3-4-8(6)2;1-2;;/h4-6H,1H2,2-3H3;3-5,9H,1H2,2H3;1-2H3;2*1H4. The minimum Gasteiger partial charge on any atom is -0.508 e. The summed E-state index contributed by atoms with van der Waals surface area (Å²) in [4.78, 5) is 3.77. The molecule has 0 aromatic heterocycles. The zero-order chi connectivity index (χ0) is 16.4. The highest BCUT2D eigenvalue weighted by atomic mass is 16.5. The Bertz CT molecular complexity index is 486. The van der Waals surface area contributed by atoms with E-state index in [-0.39, 0.29) is 20.6 Å². The Labute approximate surface area is 143 Å². The molecule has 2 aliphatic heterocycles. The maximum absolute atomic E-state index is 8.88. The first kappa shape index (κ1) is 25.6. The van der Waals surface area contributed by atoms with Crippen LogP contribution in [0, 0.1) is 0 Å². The average Bonchev–Trinajstić information content (AvgIpc) is 2.49. The van der Waals surface area contributed by atoms with Crippen LogP contribution in [0.5, 0.6) is 0 Å². The fourth-order valence-corrected chi connectivity index (χ4v) is 1.33. The molecule has 0 saturated carbocycles. The van der Waals surface area contributed by atoms with Crippen molar-refractivity contribution in [1.29, 1.82) is 0 Å². The number of allylic oxidation sites excluding steroid dienone is 4. The van der Waals surface area contributed by atoms with Crippen molar-refractivity contribution in [3.8, 4) is 0 Å². The number of methoxy groups -OCH3 is 1. The van der Waals surface area contributed by atoms with Crippen molar-refractivity contribution in [2.75, 3.05) is 21.2 Å². The molecule has 0 fully saturated rings. The number of ether oxygens (including phenoxy) is 1. The van der Waals surface area contributed by atoms with Crippen LogP contribution in [0.2, 0.25) is 0 Å². The molecule has 4 nitrogen and oxygen atoms in total. The van der Waals surface area contributed by atoms with E-state index in [1.54, 1.807) is 25.5 Å². The van der Waals surface area contributed by atoms with E-state index in [0.29, 0.717) is 0 Å². The quantitative estimate of drug-likeness (QED) is 0.721. The average molecular weight is 322 g/mol. The first-order valence-electron chi connectivity index (χ1n) is 6.80. The van der Waals surface area contributed by atoms with Gasteiger partial charge in [-0.05, 0) is 12.2 Å². The Kier molecular flexibility index (Phi) is 14.8.